The predicted molar refractivity (Wildman–Crippen MR) is 80.0 cm³/mol. The lowest BCUT2D eigenvalue weighted by atomic mass is 10.1. The number of rotatable bonds is 5. The third-order valence-corrected chi connectivity index (χ3v) is 3.21. The van der Waals surface area contributed by atoms with E-state index in [2.05, 4.69) is 47.1 Å². The van der Waals surface area contributed by atoms with Crippen molar-refractivity contribution < 1.29 is 0 Å². The van der Waals surface area contributed by atoms with Crippen molar-refractivity contribution in [3.05, 3.63) is 59.3 Å². The van der Waals surface area contributed by atoms with Crippen LogP contribution in [0.5, 0.6) is 0 Å². The molecule has 100 valence electrons. The molecule has 2 aromatic rings. The smallest absolute Gasteiger partial charge is 0.133 e. The Labute approximate surface area is 115 Å². The van der Waals surface area contributed by atoms with Crippen molar-refractivity contribution in [1.82, 2.24) is 4.98 Å². The molecule has 3 nitrogen and oxygen atoms in total. The highest BCUT2D eigenvalue weighted by atomic mass is 15.2. The summed E-state index contributed by atoms with van der Waals surface area (Å²) in [6.07, 6.45) is 0. The molecule has 0 fully saturated rings. The topological polar surface area (TPSA) is 42.2 Å². The van der Waals surface area contributed by atoms with Gasteiger partial charge < -0.3 is 10.6 Å². The normalized spacial score (nSPS) is 10.5. The number of hydrogen-bond acceptors (Lipinski definition) is 3. The third kappa shape index (κ3) is 3.32. The van der Waals surface area contributed by atoms with Gasteiger partial charge in [-0.2, -0.15) is 0 Å². The Bertz CT molecular complexity index is 523. The van der Waals surface area contributed by atoms with Crippen molar-refractivity contribution in [1.29, 1.82) is 0 Å². The maximum Gasteiger partial charge on any atom is 0.133 e. The fourth-order valence-corrected chi connectivity index (χ4v) is 2.15. The first-order valence-corrected chi connectivity index (χ1v) is 6.70. The van der Waals surface area contributed by atoms with Crippen molar-refractivity contribution in [2.24, 2.45) is 5.73 Å². The zero-order valence-corrected chi connectivity index (χ0v) is 11.6. The minimum atomic E-state index is 0.522. The summed E-state index contributed by atoms with van der Waals surface area (Å²) in [5.41, 5.74) is 9.23. The standard InChI is InChI=1S/C16H21N3/c1-3-19(12-14-7-5-4-6-8-14)16-15(11-17)10-9-13(2)18-16/h4-10H,3,11-12,17H2,1-2H3. The Morgan fingerprint density at radius 3 is 2.47 bits per heavy atom. The molecule has 0 radical (unpaired) electrons. The minimum Gasteiger partial charge on any atom is -0.352 e. The van der Waals surface area contributed by atoms with Crippen LogP contribution in [-0.2, 0) is 13.1 Å². The summed E-state index contributed by atoms with van der Waals surface area (Å²) in [7, 11) is 0. The first-order chi connectivity index (χ1) is 9.24. The zero-order valence-electron chi connectivity index (χ0n) is 11.6. The average Bonchev–Trinajstić information content (AvgIpc) is 2.46. The van der Waals surface area contributed by atoms with Gasteiger partial charge in [0.05, 0.1) is 0 Å². The van der Waals surface area contributed by atoms with Crippen LogP contribution in [0.25, 0.3) is 0 Å². The van der Waals surface area contributed by atoms with Crippen LogP contribution in [-0.4, -0.2) is 11.5 Å². The van der Waals surface area contributed by atoms with Gasteiger partial charge in [0.1, 0.15) is 5.82 Å². The van der Waals surface area contributed by atoms with Gasteiger partial charge in [-0.05, 0) is 25.5 Å². The van der Waals surface area contributed by atoms with Gasteiger partial charge in [-0.25, -0.2) is 4.98 Å². The largest absolute Gasteiger partial charge is 0.352 e. The minimum absolute atomic E-state index is 0.522. The van der Waals surface area contributed by atoms with E-state index >= 15 is 0 Å². The number of nitrogens with zero attached hydrogens (tertiary/aromatic N) is 2. The van der Waals surface area contributed by atoms with Crippen molar-refractivity contribution in [3.8, 4) is 0 Å². The quantitative estimate of drug-likeness (QED) is 0.893. The molecule has 2 N–H and O–H groups in total. The van der Waals surface area contributed by atoms with Gasteiger partial charge in [0.25, 0.3) is 0 Å². The van der Waals surface area contributed by atoms with Gasteiger partial charge in [-0.3, -0.25) is 0 Å². The van der Waals surface area contributed by atoms with E-state index in [4.69, 9.17) is 5.73 Å². The molecule has 0 saturated heterocycles. The Balaban J connectivity index is 2.29. The molecule has 0 aliphatic rings. The Morgan fingerprint density at radius 1 is 1.11 bits per heavy atom. The lowest BCUT2D eigenvalue weighted by Crippen LogP contribution is -2.25. The zero-order chi connectivity index (χ0) is 13.7. The number of benzene rings is 1. The van der Waals surface area contributed by atoms with E-state index in [9.17, 15) is 0 Å². The molecule has 0 amide bonds. The predicted octanol–water partition coefficient (Wildman–Crippen LogP) is 2.88. The number of anilines is 1. The summed E-state index contributed by atoms with van der Waals surface area (Å²) in [4.78, 5) is 6.93. The second-order valence-corrected chi connectivity index (χ2v) is 4.64. The molecule has 1 heterocycles. The molecule has 0 atom stereocenters. The van der Waals surface area contributed by atoms with Gasteiger partial charge in [-0.1, -0.05) is 36.4 Å². The van der Waals surface area contributed by atoms with Crippen LogP contribution in [0.4, 0.5) is 5.82 Å². The first kappa shape index (κ1) is 13.6. The summed E-state index contributed by atoms with van der Waals surface area (Å²) in [5, 5.41) is 0. The van der Waals surface area contributed by atoms with Crippen molar-refractivity contribution >= 4 is 5.82 Å². The maximum atomic E-state index is 5.82. The Kier molecular flexibility index (Phi) is 4.53. The van der Waals surface area contributed by atoms with Crippen LogP contribution in [0.15, 0.2) is 42.5 Å². The number of pyridine rings is 1. The van der Waals surface area contributed by atoms with Gasteiger partial charge in [0, 0.05) is 30.9 Å². The molecular formula is C16H21N3. The highest BCUT2D eigenvalue weighted by Gasteiger charge is 2.11. The monoisotopic (exact) mass is 255 g/mol. The fraction of sp³-hybridized carbons (Fsp3) is 0.312. The molecule has 0 saturated carbocycles. The van der Waals surface area contributed by atoms with E-state index in [1.54, 1.807) is 0 Å². The average molecular weight is 255 g/mol. The highest BCUT2D eigenvalue weighted by Crippen LogP contribution is 2.20. The molecule has 1 aromatic heterocycles. The molecule has 0 aliphatic carbocycles. The maximum absolute atomic E-state index is 5.82. The first-order valence-electron chi connectivity index (χ1n) is 6.70. The lowest BCUT2D eigenvalue weighted by Gasteiger charge is -2.24. The summed E-state index contributed by atoms with van der Waals surface area (Å²) >= 11 is 0. The molecule has 0 unspecified atom stereocenters. The number of aromatic nitrogens is 1. The molecular weight excluding hydrogens is 234 g/mol. The van der Waals surface area contributed by atoms with Crippen molar-refractivity contribution in [2.45, 2.75) is 26.9 Å². The summed E-state index contributed by atoms with van der Waals surface area (Å²) in [6, 6.07) is 14.5. The summed E-state index contributed by atoms with van der Waals surface area (Å²) < 4.78 is 0. The fourth-order valence-electron chi connectivity index (χ4n) is 2.15. The van der Waals surface area contributed by atoms with Crippen LogP contribution < -0.4 is 10.6 Å². The van der Waals surface area contributed by atoms with Crippen LogP contribution in [0.1, 0.15) is 23.7 Å². The van der Waals surface area contributed by atoms with Gasteiger partial charge in [-0.15, -0.1) is 0 Å². The van der Waals surface area contributed by atoms with Gasteiger partial charge in [0.15, 0.2) is 0 Å². The van der Waals surface area contributed by atoms with Crippen molar-refractivity contribution in [3.63, 3.8) is 0 Å². The number of aryl methyl sites for hydroxylation is 1. The molecule has 0 spiro atoms. The van der Waals surface area contributed by atoms with E-state index in [1.807, 2.05) is 19.1 Å². The second kappa shape index (κ2) is 6.34. The lowest BCUT2D eigenvalue weighted by molar-refractivity contribution is 0.798. The van der Waals surface area contributed by atoms with Crippen LogP contribution in [0.2, 0.25) is 0 Å². The van der Waals surface area contributed by atoms with Crippen LogP contribution in [0, 0.1) is 6.92 Å². The third-order valence-electron chi connectivity index (χ3n) is 3.21. The Morgan fingerprint density at radius 2 is 1.84 bits per heavy atom. The van der Waals surface area contributed by atoms with Gasteiger partial charge >= 0.3 is 0 Å². The highest BCUT2D eigenvalue weighted by molar-refractivity contribution is 5.48. The van der Waals surface area contributed by atoms with Crippen molar-refractivity contribution in [2.75, 3.05) is 11.4 Å². The van der Waals surface area contributed by atoms with E-state index in [-0.39, 0.29) is 0 Å². The molecule has 19 heavy (non-hydrogen) atoms. The van der Waals surface area contributed by atoms with Gasteiger partial charge in [0.2, 0.25) is 0 Å². The SMILES string of the molecule is CCN(Cc1ccccc1)c1nc(C)ccc1CN. The van der Waals surface area contributed by atoms with Crippen LogP contribution in [0.3, 0.4) is 0 Å². The summed E-state index contributed by atoms with van der Waals surface area (Å²) in [5.74, 6) is 1.01. The van der Waals surface area contributed by atoms with Crippen LogP contribution >= 0.6 is 0 Å². The van der Waals surface area contributed by atoms with E-state index in [0.29, 0.717) is 6.54 Å². The number of hydrogen-bond donors (Lipinski definition) is 1. The molecule has 3 heteroatoms. The molecule has 0 aliphatic heterocycles. The van der Waals surface area contributed by atoms with E-state index in [1.165, 1.54) is 5.56 Å². The second-order valence-electron chi connectivity index (χ2n) is 4.64. The molecule has 2 rings (SSSR count). The van der Waals surface area contributed by atoms with E-state index in [0.717, 1.165) is 30.2 Å². The Hall–Kier alpha value is -1.87. The van der Waals surface area contributed by atoms with E-state index < -0.39 is 0 Å². The molecule has 1 aromatic carbocycles. The molecule has 0 bridgehead atoms. The number of nitrogens with two attached hydrogens (primary N) is 1. The summed E-state index contributed by atoms with van der Waals surface area (Å²) in [6.45, 7) is 6.46.